The summed E-state index contributed by atoms with van der Waals surface area (Å²) in [4.78, 5) is 14.3. The Bertz CT molecular complexity index is 701. The maximum Gasteiger partial charge on any atom is 0.323 e. The molecule has 2 aromatic rings. The van der Waals surface area contributed by atoms with Gasteiger partial charge in [-0.1, -0.05) is 42.5 Å². The highest BCUT2D eigenvalue weighted by atomic mass is 19.1. The Morgan fingerprint density at radius 1 is 1.17 bits per heavy atom. The lowest BCUT2D eigenvalue weighted by atomic mass is 9.93. The molecule has 0 aromatic heterocycles. The summed E-state index contributed by atoms with van der Waals surface area (Å²) in [6.45, 7) is 3.17. The third-order valence-electron chi connectivity index (χ3n) is 4.24. The van der Waals surface area contributed by atoms with Gasteiger partial charge in [-0.3, -0.25) is 9.69 Å². The Balaban J connectivity index is 1.88. The standard InChI is InChI=1S/C19H20FNO2/c1-2-23-19(22)18-11-14-7-3-4-8-15(14)12-21(18)13-16-9-5-6-10-17(16)20/h3-10,18H,2,11-13H2,1H3. The van der Waals surface area contributed by atoms with Crippen LogP contribution in [-0.2, 0) is 29.0 Å². The maximum absolute atomic E-state index is 14.0. The number of fused-ring (bicyclic) bond motifs is 1. The summed E-state index contributed by atoms with van der Waals surface area (Å²) in [5.41, 5.74) is 2.95. The van der Waals surface area contributed by atoms with E-state index in [9.17, 15) is 9.18 Å². The molecule has 0 bridgehead atoms. The van der Waals surface area contributed by atoms with Gasteiger partial charge in [0.15, 0.2) is 0 Å². The van der Waals surface area contributed by atoms with Crippen LogP contribution in [0.1, 0.15) is 23.6 Å². The number of hydrogen-bond donors (Lipinski definition) is 0. The van der Waals surface area contributed by atoms with E-state index in [4.69, 9.17) is 4.74 Å². The van der Waals surface area contributed by atoms with Crippen molar-refractivity contribution in [2.75, 3.05) is 6.61 Å². The fourth-order valence-electron chi connectivity index (χ4n) is 3.06. The third kappa shape index (κ3) is 3.42. The number of esters is 1. The van der Waals surface area contributed by atoms with Crippen LogP contribution in [0.5, 0.6) is 0 Å². The van der Waals surface area contributed by atoms with E-state index in [2.05, 4.69) is 6.07 Å². The summed E-state index contributed by atoms with van der Waals surface area (Å²) >= 11 is 0. The molecule has 1 atom stereocenters. The molecule has 3 rings (SSSR count). The number of ether oxygens (including phenoxy) is 1. The fourth-order valence-corrected chi connectivity index (χ4v) is 3.06. The van der Waals surface area contributed by atoms with Crippen LogP contribution in [-0.4, -0.2) is 23.5 Å². The zero-order valence-electron chi connectivity index (χ0n) is 13.2. The Morgan fingerprint density at radius 3 is 2.61 bits per heavy atom. The highest BCUT2D eigenvalue weighted by Crippen LogP contribution is 2.26. The summed E-state index contributed by atoms with van der Waals surface area (Å²) in [6.07, 6.45) is 0.601. The van der Waals surface area contributed by atoms with Gasteiger partial charge in [0.1, 0.15) is 11.9 Å². The fraction of sp³-hybridized carbons (Fsp3) is 0.316. The monoisotopic (exact) mass is 313 g/mol. The van der Waals surface area contributed by atoms with Crippen molar-refractivity contribution in [3.05, 3.63) is 71.0 Å². The number of benzene rings is 2. The van der Waals surface area contributed by atoms with Gasteiger partial charge in [0, 0.05) is 18.7 Å². The molecule has 0 amide bonds. The SMILES string of the molecule is CCOC(=O)C1Cc2ccccc2CN1Cc1ccccc1F. The molecule has 0 fully saturated rings. The average Bonchev–Trinajstić information content (AvgIpc) is 2.56. The normalized spacial score (nSPS) is 17.6. The Morgan fingerprint density at radius 2 is 1.87 bits per heavy atom. The van der Waals surface area contributed by atoms with Gasteiger partial charge in [-0.2, -0.15) is 0 Å². The molecule has 4 heteroatoms. The van der Waals surface area contributed by atoms with Crippen LogP contribution in [0.25, 0.3) is 0 Å². The van der Waals surface area contributed by atoms with Crippen LogP contribution in [0.15, 0.2) is 48.5 Å². The van der Waals surface area contributed by atoms with Crippen molar-refractivity contribution >= 4 is 5.97 Å². The van der Waals surface area contributed by atoms with E-state index in [0.717, 1.165) is 5.56 Å². The molecule has 1 heterocycles. The van der Waals surface area contributed by atoms with Crippen molar-refractivity contribution < 1.29 is 13.9 Å². The van der Waals surface area contributed by atoms with Crippen LogP contribution >= 0.6 is 0 Å². The highest BCUT2D eigenvalue weighted by molar-refractivity contribution is 5.76. The molecule has 0 radical (unpaired) electrons. The second-order valence-corrected chi connectivity index (χ2v) is 5.74. The van der Waals surface area contributed by atoms with Crippen LogP contribution < -0.4 is 0 Å². The summed E-state index contributed by atoms with van der Waals surface area (Å²) in [5, 5.41) is 0. The first-order valence-corrected chi connectivity index (χ1v) is 7.90. The van der Waals surface area contributed by atoms with E-state index in [0.29, 0.717) is 31.7 Å². The van der Waals surface area contributed by atoms with Crippen molar-refractivity contribution in [2.45, 2.75) is 32.5 Å². The van der Waals surface area contributed by atoms with Gasteiger partial charge < -0.3 is 4.74 Å². The van der Waals surface area contributed by atoms with E-state index >= 15 is 0 Å². The predicted molar refractivity (Wildman–Crippen MR) is 86.2 cm³/mol. The largest absolute Gasteiger partial charge is 0.465 e. The molecular formula is C19H20FNO2. The van der Waals surface area contributed by atoms with Crippen molar-refractivity contribution in [3.8, 4) is 0 Å². The number of rotatable bonds is 4. The summed E-state index contributed by atoms with van der Waals surface area (Å²) in [7, 11) is 0. The number of carbonyl (C=O) groups excluding carboxylic acids is 1. The number of nitrogens with zero attached hydrogens (tertiary/aromatic N) is 1. The van der Waals surface area contributed by atoms with Crippen LogP contribution in [0, 0.1) is 5.82 Å². The van der Waals surface area contributed by atoms with Gasteiger partial charge >= 0.3 is 5.97 Å². The lowest BCUT2D eigenvalue weighted by Crippen LogP contribution is -2.46. The van der Waals surface area contributed by atoms with Crippen molar-refractivity contribution in [2.24, 2.45) is 0 Å². The Kier molecular flexibility index (Phi) is 4.72. The molecule has 2 aromatic carbocycles. The minimum atomic E-state index is -0.371. The maximum atomic E-state index is 14.0. The smallest absolute Gasteiger partial charge is 0.323 e. The Hall–Kier alpha value is -2.20. The molecule has 0 spiro atoms. The molecule has 0 aliphatic carbocycles. The van der Waals surface area contributed by atoms with Crippen molar-refractivity contribution in [1.29, 1.82) is 0 Å². The second kappa shape index (κ2) is 6.92. The van der Waals surface area contributed by atoms with E-state index in [1.165, 1.54) is 11.6 Å². The zero-order valence-corrected chi connectivity index (χ0v) is 13.2. The molecule has 23 heavy (non-hydrogen) atoms. The van der Waals surface area contributed by atoms with Crippen LogP contribution in [0.3, 0.4) is 0 Å². The van der Waals surface area contributed by atoms with Gasteiger partial charge in [-0.15, -0.1) is 0 Å². The number of hydrogen-bond acceptors (Lipinski definition) is 3. The number of halogens is 1. The highest BCUT2D eigenvalue weighted by Gasteiger charge is 2.32. The minimum absolute atomic E-state index is 0.238. The molecule has 0 saturated carbocycles. The van der Waals surface area contributed by atoms with E-state index in [1.807, 2.05) is 29.2 Å². The molecule has 120 valence electrons. The lowest BCUT2D eigenvalue weighted by molar-refractivity contribution is -0.150. The van der Waals surface area contributed by atoms with Crippen molar-refractivity contribution in [3.63, 3.8) is 0 Å². The van der Waals surface area contributed by atoms with Gasteiger partial charge in [0.25, 0.3) is 0 Å². The molecule has 1 aliphatic heterocycles. The molecular weight excluding hydrogens is 293 g/mol. The van der Waals surface area contributed by atoms with Gasteiger partial charge in [0.2, 0.25) is 0 Å². The summed E-state index contributed by atoms with van der Waals surface area (Å²) < 4.78 is 19.2. The van der Waals surface area contributed by atoms with Crippen LogP contribution in [0.2, 0.25) is 0 Å². The first-order valence-electron chi connectivity index (χ1n) is 7.90. The average molecular weight is 313 g/mol. The Labute approximate surface area is 135 Å². The summed E-state index contributed by atoms with van der Waals surface area (Å²) in [5.74, 6) is -0.479. The van der Waals surface area contributed by atoms with Gasteiger partial charge in [0.05, 0.1) is 6.61 Å². The van der Waals surface area contributed by atoms with Crippen LogP contribution in [0.4, 0.5) is 4.39 Å². The summed E-state index contributed by atoms with van der Waals surface area (Å²) in [6, 6.07) is 14.4. The predicted octanol–water partition coefficient (Wildman–Crippen LogP) is 3.32. The third-order valence-corrected chi connectivity index (χ3v) is 4.24. The first-order chi connectivity index (χ1) is 11.2. The number of carbonyl (C=O) groups is 1. The van der Waals surface area contributed by atoms with E-state index in [1.54, 1.807) is 19.1 Å². The van der Waals surface area contributed by atoms with E-state index in [-0.39, 0.29) is 17.8 Å². The topological polar surface area (TPSA) is 29.5 Å². The molecule has 3 nitrogen and oxygen atoms in total. The molecule has 0 saturated heterocycles. The quantitative estimate of drug-likeness (QED) is 0.811. The lowest BCUT2D eigenvalue weighted by Gasteiger charge is -2.35. The second-order valence-electron chi connectivity index (χ2n) is 5.74. The zero-order chi connectivity index (χ0) is 16.2. The van der Waals surface area contributed by atoms with Crippen molar-refractivity contribution in [1.82, 2.24) is 4.90 Å². The van der Waals surface area contributed by atoms with Gasteiger partial charge in [-0.05, 0) is 30.5 Å². The molecule has 1 unspecified atom stereocenters. The molecule has 1 aliphatic rings. The minimum Gasteiger partial charge on any atom is -0.465 e. The van der Waals surface area contributed by atoms with Gasteiger partial charge in [-0.25, -0.2) is 4.39 Å². The molecule has 0 N–H and O–H groups in total. The first kappa shape index (κ1) is 15.7. The van der Waals surface area contributed by atoms with E-state index < -0.39 is 0 Å².